The maximum absolute atomic E-state index is 13.1. The molecular formula is C20H27N3O3S2. The van der Waals surface area contributed by atoms with E-state index in [2.05, 4.69) is 11.1 Å². The summed E-state index contributed by atoms with van der Waals surface area (Å²) in [5.41, 5.74) is 3.29. The first-order valence-corrected chi connectivity index (χ1v) is 12.6. The van der Waals surface area contributed by atoms with Crippen molar-refractivity contribution < 1.29 is 13.2 Å². The molecule has 6 nitrogen and oxygen atoms in total. The van der Waals surface area contributed by atoms with Crippen LogP contribution in [0.4, 0.5) is 0 Å². The summed E-state index contributed by atoms with van der Waals surface area (Å²) in [6.45, 7) is 5.76. The van der Waals surface area contributed by atoms with Gasteiger partial charge in [0.2, 0.25) is 5.91 Å². The van der Waals surface area contributed by atoms with Crippen LogP contribution >= 0.6 is 11.8 Å². The lowest BCUT2D eigenvalue weighted by molar-refractivity contribution is -0.132. The highest BCUT2D eigenvalue weighted by Gasteiger charge is 2.38. The predicted octanol–water partition coefficient (Wildman–Crippen LogP) is 2.93. The highest BCUT2D eigenvalue weighted by molar-refractivity contribution is 8.00. The molecule has 0 N–H and O–H groups in total. The van der Waals surface area contributed by atoms with E-state index in [0.29, 0.717) is 17.0 Å². The van der Waals surface area contributed by atoms with E-state index in [-0.39, 0.29) is 35.2 Å². The van der Waals surface area contributed by atoms with E-state index in [1.165, 1.54) is 11.8 Å². The molecule has 2 fully saturated rings. The van der Waals surface area contributed by atoms with Gasteiger partial charge in [-0.3, -0.25) is 4.79 Å². The number of sulfone groups is 1. The third kappa shape index (κ3) is 4.36. The molecule has 1 aliphatic carbocycles. The molecule has 0 spiro atoms. The molecule has 28 heavy (non-hydrogen) atoms. The van der Waals surface area contributed by atoms with Crippen LogP contribution in [-0.2, 0) is 14.6 Å². The van der Waals surface area contributed by atoms with Gasteiger partial charge in [-0.05, 0) is 51.2 Å². The molecule has 1 aromatic rings. The Labute approximate surface area is 171 Å². The predicted molar refractivity (Wildman–Crippen MR) is 110 cm³/mol. The van der Waals surface area contributed by atoms with E-state index in [4.69, 9.17) is 0 Å². The van der Waals surface area contributed by atoms with Gasteiger partial charge in [-0.25, -0.2) is 13.4 Å². The minimum atomic E-state index is -3.05. The van der Waals surface area contributed by atoms with Crippen molar-refractivity contribution in [3.05, 3.63) is 22.4 Å². The fraction of sp³-hybridized carbons (Fsp3) is 0.650. The van der Waals surface area contributed by atoms with Gasteiger partial charge in [0.15, 0.2) is 9.84 Å². The van der Waals surface area contributed by atoms with Crippen LogP contribution in [0.25, 0.3) is 0 Å². The third-order valence-corrected chi connectivity index (χ3v) is 8.73. The summed E-state index contributed by atoms with van der Waals surface area (Å²) in [5.74, 6) is 0.374. The third-order valence-electron chi connectivity index (χ3n) is 6.02. The molecule has 0 bridgehead atoms. The molecule has 1 aromatic heterocycles. The molecular weight excluding hydrogens is 394 g/mol. The van der Waals surface area contributed by atoms with Crippen molar-refractivity contribution >= 4 is 27.5 Å². The molecule has 152 valence electrons. The first kappa shape index (κ1) is 21.1. The Morgan fingerprint density at radius 2 is 1.86 bits per heavy atom. The Balaban J connectivity index is 1.79. The van der Waals surface area contributed by atoms with Gasteiger partial charge in [-0.15, -0.1) is 0 Å². The van der Waals surface area contributed by atoms with Gasteiger partial charge < -0.3 is 4.90 Å². The molecule has 1 amide bonds. The van der Waals surface area contributed by atoms with Gasteiger partial charge in [-0.2, -0.15) is 5.26 Å². The van der Waals surface area contributed by atoms with Gasteiger partial charge >= 0.3 is 0 Å². The van der Waals surface area contributed by atoms with Crippen LogP contribution in [0.5, 0.6) is 0 Å². The number of rotatable bonds is 5. The Hall–Kier alpha value is -1.59. The molecule has 1 unspecified atom stereocenters. The van der Waals surface area contributed by atoms with Crippen LogP contribution in [0, 0.1) is 32.1 Å². The Morgan fingerprint density at radius 1 is 1.18 bits per heavy atom. The second kappa shape index (κ2) is 8.42. The summed E-state index contributed by atoms with van der Waals surface area (Å²) in [6, 6.07) is 2.14. The van der Waals surface area contributed by atoms with Gasteiger partial charge in [-0.1, -0.05) is 24.6 Å². The van der Waals surface area contributed by atoms with Gasteiger partial charge in [0.1, 0.15) is 11.1 Å². The molecule has 1 saturated heterocycles. The fourth-order valence-electron chi connectivity index (χ4n) is 4.23. The maximum Gasteiger partial charge on any atom is 0.233 e. The van der Waals surface area contributed by atoms with Gasteiger partial charge in [0.25, 0.3) is 0 Å². The van der Waals surface area contributed by atoms with E-state index >= 15 is 0 Å². The molecule has 1 aliphatic heterocycles. The SMILES string of the molecule is Cc1nc(SCC(=O)N(C2CCCC2)C2CCS(=O)(=O)C2)c(C#N)c(C)c1C. The zero-order valence-corrected chi connectivity index (χ0v) is 18.3. The van der Waals surface area contributed by atoms with Crippen molar-refractivity contribution in [2.24, 2.45) is 0 Å². The van der Waals surface area contributed by atoms with Crippen LogP contribution < -0.4 is 0 Å². The molecule has 3 rings (SSSR count). The number of carbonyl (C=O) groups excluding carboxylic acids is 1. The van der Waals surface area contributed by atoms with Crippen LogP contribution in [0.3, 0.4) is 0 Å². The Kier molecular flexibility index (Phi) is 6.35. The van der Waals surface area contributed by atoms with Crippen LogP contribution in [0.15, 0.2) is 5.03 Å². The molecule has 1 saturated carbocycles. The fourth-order valence-corrected chi connectivity index (χ4v) is 6.90. The van der Waals surface area contributed by atoms with E-state index in [1.807, 2.05) is 25.7 Å². The number of aryl methyl sites for hydroxylation is 1. The zero-order valence-electron chi connectivity index (χ0n) is 16.7. The second-order valence-corrected chi connectivity index (χ2v) is 11.0. The molecule has 1 atom stereocenters. The van der Waals surface area contributed by atoms with Gasteiger partial charge in [0.05, 0.1) is 22.8 Å². The topological polar surface area (TPSA) is 91.1 Å². The normalized spacial score (nSPS) is 21.6. The number of pyridine rings is 1. The quantitative estimate of drug-likeness (QED) is 0.679. The monoisotopic (exact) mass is 421 g/mol. The first-order valence-electron chi connectivity index (χ1n) is 9.75. The van der Waals surface area contributed by atoms with E-state index in [0.717, 1.165) is 42.5 Å². The molecule has 2 aliphatic rings. The van der Waals surface area contributed by atoms with Crippen molar-refractivity contribution in [2.45, 2.75) is 70.0 Å². The number of nitrogens with zero attached hydrogens (tertiary/aromatic N) is 3. The summed E-state index contributed by atoms with van der Waals surface area (Å²) < 4.78 is 23.9. The lowest BCUT2D eigenvalue weighted by Crippen LogP contribution is -2.47. The molecule has 0 radical (unpaired) electrons. The highest BCUT2D eigenvalue weighted by Crippen LogP contribution is 2.31. The lowest BCUT2D eigenvalue weighted by atomic mass is 10.1. The number of hydrogen-bond acceptors (Lipinski definition) is 6. The largest absolute Gasteiger partial charge is 0.335 e. The summed E-state index contributed by atoms with van der Waals surface area (Å²) in [6.07, 6.45) is 4.57. The average molecular weight is 422 g/mol. The number of aromatic nitrogens is 1. The van der Waals surface area contributed by atoms with Crippen molar-refractivity contribution in [1.82, 2.24) is 9.88 Å². The van der Waals surface area contributed by atoms with Crippen LogP contribution in [0.2, 0.25) is 0 Å². The molecule has 2 heterocycles. The standard InChI is InChI=1S/C20H27N3O3S2/c1-13-14(2)18(10-21)20(22-15(13)3)27-11-19(24)23(16-6-4-5-7-16)17-8-9-28(25,26)12-17/h16-17H,4-9,11-12H2,1-3H3. The minimum Gasteiger partial charge on any atom is -0.335 e. The summed E-state index contributed by atoms with van der Waals surface area (Å²) in [7, 11) is -3.05. The van der Waals surface area contributed by atoms with Gasteiger partial charge in [0, 0.05) is 17.8 Å². The summed E-state index contributed by atoms with van der Waals surface area (Å²) in [4.78, 5) is 19.5. The smallest absolute Gasteiger partial charge is 0.233 e. The number of thioether (sulfide) groups is 1. The van der Waals surface area contributed by atoms with E-state index in [1.54, 1.807) is 0 Å². The van der Waals surface area contributed by atoms with Crippen molar-refractivity contribution in [3.63, 3.8) is 0 Å². The molecule has 0 aromatic carbocycles. The van der Waals surface area contributed by atoms with Crippen molar-refractivity contribution in [1.29, 1.82) is 5.26 Å². The number of carbonyl (C=O) groups is 1. The Morgan fingerprint density at radius 3 is 2.43 bits per heavy atom. The second-order valence-electron chi connectivity index (χ2n) is 7.82. The first-order chi connectivity index (χ1) is 13.2. The average Bonchev–Trinajstić information content (AvgIpc) is 3.28. The summed E-state index contributed by atoms with van der Waals surface area (Å²) >= 11 is 1.29. The van der Waals surface area contributed by atoms with E-state index < -0.39 is 9.84 Å². The molecule has 8 heteroatoms. The number of amides is 1. The Bertz CT molecular complexity index is 916. The van der Waals surface area contributed by atoms with Crippen LogP contribution in [0.1, 0.15) is 54.5 Å². The number of hydrogen-bond donors (Lipinski definition) is 0. The summed E-state index contributed by atoms with van der Waals surface area (Å²) in [5, 5.41) is 10.1. The van der Waals surface area contributed by atoms with Crippen molar-refractivity contribution in [2.75, 3.05) is 17.3 Å². The van der Waals surface area contributed by atoms with Crippen molar-refractivity contribution in [3.8, 4) is 6.07 Å². The zero-order chi connectivity index (χ0) is 20.5. The van der Waals surface area contributed by atoms with E-state index in [9.17, 15) is 18.5 Å². The van der Waals surface area contributed by atoms with Crippen LogP contribution in [-0.4, -0.2) is 53.6 Å². The maximum atomic E-state index is 13.1. The number of nitriles is 1. The lowest BCUT2D eigenvalue weighted by Gasteiger charge is -2.34. The minimum absolute atomic E-state index is 0.0411. The highest BCUT2D eigenvalue weighted by atomic mass is 32.2.